The Morgan fingerprint density at radius 1 is 0.348 bits per heavy atom. The van der Waals surface area contributed by atoms with E-state index in [1.54, 1.807) is 0 Å². The van der Waals surface area contributed by atoms with Gasteiger partial charge in [0.1, 0.15) is 5.65 Å². The average molecular weight is 841 g/mol. The van der Waals surface area contributed by atoms with Gasteiger partial charge in [0.15, 0.2) is 0 Å². The molecule has 66 heavy (non-hydrogen) atoms. The second kappa shape index (κ2) is 14.9. The van der Waals surface area contributed by atoms with Gasteiger partial charge in [0.05, 0.1) is 5.69 Å². The fraction of sp³-hybridized carbons (Fsp3) is 0.0469. The van der Waals surface area contributed by atoms with Gasteiger partial charge in [0, 0.05) is 28.8 Å². The number of aromatic nitrogens is 2. The maximum absolute atomic E-state index is 5.13. The molecule has 0 bridgehead atoms. The minimum atomic E-state index is -0.163. The fourth-order valence-corrected chi connectivity index (χ4v) is 10.9. The molecule has 0 N–H and O–H groups in total. The summed E-state index contributed by atoms with van der Waals surface area (Å²) in [5, 5.41) is 7.33. The molecule has 2 heterocycles. The van der Waals surface area contributed by atoms with Crippen molar-refractivity contribution in [2.24, 2.45) is 0 Å². The van der Waals surface area contributed by atoms with E-state index in [2.05, 4.69) is 249 Å². The maximum Gasteiger partial charge on any atom is 0.145 e. The van der Waals surface area contributed by atoms with Crippen molar-refractivity contribution in [3.8, 4) is 78.0 Å². The van der Waals surface area contributed by atoms with Crippen LogP contribution >= 0.6 is 0 Å². The molecule has 0 fully saturated rings. The molecule has 0 atom stereocenters. The molecule has 0 saturated heterocycles. The molecule has 1 aliphatic carbocycles. The molecular formula is C64H44N2. The van der Waals surface area contributed by atoms with Crippen molar-refractivity contribution < 1.29 is 0 Å². The van der Waals surface area contributed by atoms with E-state index in [9.17, 15) is 0 Å². The highest BCUT2D eigenvalue weighted by atomic mass is 15.0. The van der Waals surface area contributed by atoms with E-state index in [1.807, 2.05) is 0 Å². The molecule has 12 aromatic rings. The third kappa shape index (κ3) is 6.06. The molecule has 0 spiro atoms. The summed E-state index contributed by atoms with van der Waals surface area (Å²) in [4.78, 5) is 5.13. The highest BCUT2D eigenvalue weighted by molar-refractivity contribution is 6.23. The zero-order valence-electron chi connectivity index (χ0n) is 36.8. The first-order valence-corrected chi connectivity index (χ1v) is 22.9. The molecule has 310 valence electrons. The Morgan fingerprint density at radius 3 is 1.61 bits per heavy atom. The van der Waals surface area contributed by atoms with Crippen molar-refractivity contribution in [2.45, 2.75) is 19.3 Å². The highest BCUT2D eigenvalue weighted by Crippen LogP contribution is 2.54. The van der Waals surface area contributed by atoms with Crippen LogP contribution in [0.3, 0.4) is 0 Å². The van der Waals surface area contributed by atoms with Crippen LogP contribution in [-0.2, 0) is 5.41 Å². The largest absolute Gasteiger partial charge is 0.306 e. The predicted octanol–water partition coefficient (Wildman–Crippen LogP) is 17.1. The second-order valence-corrected chi connectivity index (χ2v) is 18.4. The molecule has 2 aromatic heterocycles. The molecule has 0 unspecified atom stereocenters. The van der Waals surface area contributed by atoms with Gasteiger partial charge in [-0.3, -0.25) is 0 Å². The van der Waals surface area contributed by atoms with E-state index in [0.29, 0.717) is 0 Å². The van der Waals surface area contributed by atoms with Gasteiger partial charge < -0.3 is 4.40 Å². The molecule has 0 amide bonds. The Bertz CT molecular complexity index is 3880. The first-order chi connectivity index (χ1) is 32.5. The van der Waals surface area contributed by atoms with Crippen molar-refractivity contribution in [3.63, 3.8) is 0 Å². The van der Waals surface area contributed by atoms with Gasteiger partial charge in [-0.15, -0.1) is 0 Å². The lowest BCUT2D eigenvalue weighted by Crippen LogP contribution is -2.14. The van der Waals surface area contributed by atoms with Gasteiger partial charge in [-0.05, 0) is 141 Å². The van der Waals surface area contributed by atoms with E-state index in [1.165, 1.54) is 99.3 Å². The number of benzene rings is 10. The van der Waals surface area contributed by atoms with Gasteiger partial charge in [0.25, 0.3) is 0 Å². The normalized spacial score (nSPS) is 12.8. The highest BCUT2D eigenvalue weighted by Gasteiger charge is 2.36. The number of rotatable bonds is 6. The number of fused-ring (bicyclic) bond motifs is 8. The lowest BCUT2D eigenvalue weighted by atomic mass is 9.79. The van der Waals surface area contributed by atoms with E-state index in [-0.39, 0.29) is 5.41 Å². The molecule has 0 radical (unpaired) electrons. The summed E-state index contributed by atoms with van der Waals surface area (Å²) in [5.74, 6) is 0. The summed E-state index contributed by atoms with van der Waals surface area (Å²) in [5.41, 5.74) is 20.3. The molecular weight excluding hydrogens is 797 g/mol. The standard InChI is InChI=1S/C64H44N2/c1-64(2)58-26-12-11-25-52(58)54-38-56-57(39-59(54)64)62(50-23-14-21-47(36-50)42-17-7-4-8-18-42)55-37-48(31-32-53(55)61(56)49-22-13-20-46(35-49)41-15-5-3-6-16-41)43-27-29-45(30-28-43)60-40-66-34-33-44-19-9-10-24-51(44)63(66)65-60/h3-40H,1-2H3. The van der Waals surface area contributed by atoms with E-state index in [4.69, 9.17) is 4.98 Å². The smallest absolute Gasteiger partial charge is 0.145 e. The molecule has 2 heteroatoms. The fourth-order valence-electron chi connectivity index (χ4n) is 10.9. The van der Waals surface area contributed by atoms with Crippen LogP contribution in [-0.4, -0.2) is 9.38 Å². The van der Waals surface area contributed by atoms with Crippen LogP contribution < -0.4 is 0 Å². The zero-order chi connectivity index (χ0) is 43.9. The lowest BCUT2D eigenvalue weighted by molar-refractivity contribution is 0.661. The van der Waals surface area contributed by atoms with E-state index < -0.39 is 0 Å². The first-order valence-electron chi connectivity index (χ1n) is 22.9. The maximum atomic E-state index is 5.13. The number of hydrogen-bond acceptors (Lipinski definition) is 1. The van der Waals surface area contributed by atoms with Gasteiger partial charge in [-0.2, -0.15) is 0 Å². The summed E-state index contributed by atoms with van der Waals surface area (Å²) in [6, 6.07) is 80.6. The molecule has 0 aliphatic heterocycles. The van der Waals surface area contributed by atoms with Gasteiger partial charge >= 0.3 is 0 Å². The Balaban J connectivity index is 1.07. The molecule has 13 rings (SSSR count). The quantitative estimate of drug-likeness (QED) is 0.153. The Morgan fingerprint density at radius 2 is 0.879 bits per heavy atom. The second-order valence-electron chi connectivity index (χ2n) is 18.4. The topological polar surface area (TPSA) is 17.3 Å². The van der Waals surface area contributed by atoms with Crippen LogP contribution in [0.25, 0.3) is 116 Å². The summed E-state index contributed by atoms with van der Waals surface area (Å²) in [7, 11) is 0. The van der Waals surface area contributed by atoms with Crippen LogP contribution in [0.5, 0.6) is 0 Å². The minimum Gasteiger partial charge on any atom is -0.306 e. The number of pyridine rings is 1. The number of hydrogen-bond donors (Lipinski definition) is 0. The summed E-state index contributed by atoms with van der Waals surface area (Å²) in [6.07, 6.45) is 4.24. The Kier molecular flexibility index (Phi) is 8.60. The predicted molar refractivity (Wildman–Crippen MR) is 278 cm³/mol. The van der Waals surface area contributed by atoms with Crippen LogP contribution in [0.4, 0.5) is 0 Å². The van der Waals surface area contributed by atoms with Gasteiger partial charge in [-0.25, -0.2) is 4.98 Å². The molecule has 2 nitrogen and oxygen atoms in total. The van der Waals surface area contributed by atoms with Gasteiger partial charge in [0.2, 0.25) is 0 Å². The molecule has 1 aliphatic rings. The zero-order valence-corrected chi connectivity index (χ0v) is 36.8. The van der Waals surface area contributed by atoms with Crippen LogP contribution in [0.2, 0.25) is 0 Å². The van der Waals surface area contributed by atoms with Crippen molar-refractivity contribution in [1.29, 1.82) is 0 Å². The third-order valence-electron chi connectivity index (χ3n) is 14.2. The van der Waals surface area contributed by atoms with Gasteiger partial charge in [-0.1, -0.05) is 196 Å². The average Bonchev–Trinajstić information content (AvgIpc) is 3.92. The molecule has 0 saturated carbocycles. The summed E-state index contributed by atoms with van der Waals surface area (Å²) >= 11 is 0. The van der Waals surface area contributed by atoms with Crippen molar-refractivity contribution >= 4 is 38.0 Å². The van der Waals surface area contributed by atoms with Crippen LogP contribution in [0, 0.1) is 0 Å². The summed E-state index contributed by atoms with van der Waals surface area (Å²) < 4.78 is 2.13. The van der Waals surface area contributed by atoms with Crippen molar-refractivity contribution in [3.05, 3.63) is 242 Å². The van der Waals surface area contributed by atoms with Crippen LogP contribution in [0.15, 0.2) is 231 Å². The number of imidazole rings is 1. The molecule has 10 aromatic carbocycles. The van der Waals surface area contributed by atoms with E-state index in [0.717, 1.165) is 27.9 Å². The third-order valence-corrected chi connectivity index (χ3v) is 14.2. The minimum absolute atomic E-state index is 0.163. The summed E-state index contributed by atoms with van der Waals surface area (Å²) in [6.45, 7) is 4.78. The Labute approximate surface area is 384 Å². The van der Waals surface area contributed by atoms with Crippen LogP contribution in [0.1, 0.15) is 25.0 Å². The van der Waals surface area contributed by atoms with E-state index >= 15 is 0 Å². The monoisotopic (exact) mass is 840 g/mol. The number of nitrogens with zero attached hydrogens (tertiary/aromatic N) is 2. The van der Waals surface area contributed by atoms with Crippen molar-refractivity contribution in [1.82, 2.24) is 9.38 Å². The lowest BCUT2D eigenvalue weighted by Gasteiger charge is -2.24. The Hall–Kier alpha value is -8.33. The van der Waals surface area contributed by atoms with Crippen molar-refractivity contribution in [2.75, 3.05) is 0 Å². The first kappa shape index (κ1) is 38.2. The SMILES string of the molecule is CC1(C)c2ccccc2-c2cc3c(-c4cccc(-c5ccccc5)c4)c4ccc(-c5ccc(-c6cn7ccc8ccccc8c7n6)cc5)cc4c(-c4cccc(-c5ccccc5)c4)c3cc21.